The summed E-state index contributed by atoms with van der Waals surface area (Å²) in [4.78, 5) is 0. The van der Waals surface area contributed by atoms with Crippen LogP contribution in [0, 0.1) is 0 Å². The van der Waals surface area contributed by atoms with Crippen LogP contribution < -0.4 is 5.32 Å². The van der Waals surface area contributed by atoms with Crippen LogP contribution in [0.3, 0.4) is 0 Å². The molecule has 5 nitrogen and oxygen atoms in total. The van der Waals surface area contributed by atoms with Gasteiger partial charge < -0.3 is 5.32 Å². The van der Waals surface area contributed by atoms with E-state index in [1.54, 1.807) is 0 Å². The van der Waals surface area contributed by atoms with Gasteiger partial charge in [-0.2, -0.15) is 5.10 Å². The first-order valence-electron chi connectivity index (χ1n) is 6.77. The van der Waals surface area contributed by atoms with Crippen molar-refractivity contribution in [2.45, 2.75) is 46.2 Å². The highest BCUT2D eigenvalue weighted by molar-refractivity contribution is 7.90. The lowest BCUT2D eigenvalue weighted by Gasteiger charge is -2.13. The Morgan fingerprint density at radius 3 is 2.37 bits per heavy atom. The standard InChI is InChI=1S/C13H25N3O2S/c1-6-11-13(10(3)14-4)12(7-2)16(15-11)8-9-19(5,17)18/h10,14H,6-9H2,1-5H3. The van der Waals surface area contributed by atoms with Crippen molar-refractivity contribution in [3.05, 3.63) is 17.0 Å². The Labute approximate surface area is 116 Å². The van der Waals surface area contributed by atoms with Gasteiger partial charge in [-0.3, -0.25) is 4.68 Å². The molecule has 1 atom stereocenters. The molecule has 19 heavy (non-hydrogen) atoms. The number of hydrogen-bond acceptors (Lipinski definition) is 4. The van der Waals surface area contributed by atoms with Crippen molar-refractivity contribution in [1.82, 2.24) is 15.1 Å². The zero-order valence-electron chi connectivity index (χ0n) is 12.5. The van der Waals surface area contributed by atoms with Crippen LogP contribution in [0.15, 0.2) is 0 Å². The van der Waals surface area contributed by atoms with Gasteiger partial charge in [-0.15, -0.1) is 0 Å². The van der Waals surface area contributed by atoms with Crippen LogP contribution in [0.2, 0.25) is 0 Å². The van der Waals surface area contributed by atoms with Crippen LogP contribution in [-0.4, -0.2) is 37.3 Å². The van der Waals surface area contributed by atoms with Gasteiger partial charge in [0.15, 0.2) is 0 Å². The monoisotopic (exact) mass is 287 g/mol. The van der Waals surface area contributed by atoms with Gasteiger partial charge in [0.1, 0.15) is 9.84 Å². The summed E-state index contributed by atoms with van der Waals surface area (Å²) in [6.45, 7) is 6.70. The third-order valence-corrected chi connectivity index (χ3v) is 4.31. The van der Waals surface area contributed by atoms with E-state index < -0.39 is 9.84 Å². The summed E-state index contributed by atoms with van der Waals surface area (Å²) in [5.41, 5.74) is 3.43. The molecule has 0 aliphatic rings. The Bertz CT molecular complexity index is 520. The van der Waals surface area contributed by atoms with Crippen LogP contribution in [0.4, 0.5) is 0 Å². The predicted molar refractivity (Wildman–Crippen MR) is 78.2 cm³/mol. The fourth-order valence-corrected chi connectivity index (χ4v) is 2.79. The maximum absolute atomic E-state index is 11.3. The molecule has 1 N–H and O–H groups in total. The smallest absolute Gasteiger partial charge is 0.149 e. The van der Waals surface area contributed by atoms with E-state index in [0.29, 0.717) is 6.54 Å². The van der Waals surface area contributed by atoms with Gasteiger partial charge in [0.05, 0.1) is 18.0 Å². The number of rotatable bonds is 7. The molecular weight excluding hydrogens is 262 g/mol. The van der Waals surface area contributed by atoms with E-state index in [1.165, 1.54) is 11.8 Å². The number of hydrogen-bond donors (Lipinski definition) is 1. The van der Waals surface area contributed by atoms with E-state index in [4.69, 9.17) is 0 Å². The van der Waals surface area contributed by atoms with Crippen molar-refractivity contribution in [3.63, 3.8) is 0 Å². The SMILES string of the molecule is CCc1nn(CCS(C)(=O)=O)c(CC)c1C(C)NC. The van der Waals surface area contributed by atoms with Crippen molar-refractivity contribution >= 4 is 9.84 Å². The van der Waals surface area contributed by atoms with Crippen molar-refractivity contribution in [2.75, 3.05) is 19.1 Å². The summed E-state index contributed by atoms with van der Waals surface area (Å²) < 4.78 is 24.5. The average Bonchev–Trinajstić information content (AvgIpc) is 2.72. The summed E-state index contributed by atoms with van der Waals surface area (Å²) in [5, 5.41) is 7.83. The Morgan fingerprint density at radius 2 is 1.95 bits per heavy atom. The topological polar surface area (TPSA) is 64.0 Å². The first-order chi connectivity index (χ1) is 8.84. The molecule has 0 bridgehead atoms. The molecular formula is C13H25N3O2S. The van der Waals surface area contributed by atoms with E-state index in [9.17, 15) is 8.42 Å². The van der Waals surface area contributed by atoms with Crippen molar-refractivity contribution in [3.8, 4) is 0 Å². The molecule has 6 heteroatoms. The molecule has 0 spiro atoms. The Kier molecular flexibility index (Phi) is 5.55. The van der Waals surface area contributed by atoms with E-state index in [0.717, 1.165) is 24.2 Å². The summed E-state index contributed by atoms with van der Waals surface area (Å²) in [6, 6.07) is 0.233. The third-order valence-electron chi connectivity index (χ3n) is 3.38. The van der Waals surface area contributed by atoms with Gasteiger partial charge >= 0.3 is 0 Å². The number of sulfone groups is 1. The zero-order valence-corrected chi connectivity index (χ0v) is 13.3. The second-order valence-electron chi connectivity index (χ2n) is 4.88. The minimum Gasteiger partial charge on any atom is -0.313 e. The first kappa shape index (κ1) is 16.2. The largest absolute Gasteiger partial charge is 0.313 e. The molecule has 0 saturated carbocycles. The second-order valence-corrected chi connectivity index (χ2v) is 7.14. The highest BCUT2D eigenvalue weighted by atomic mass is 32.2. The normalized spacial score (nSPS) is 13.7. The van der Waals surface area contributed by atoms with Crippen LogP contribution >= 0.6 is 0 Å². The fraction of sp³-hybridized carbons (Fsp3) is 0.769. The number of nitrogens with one attached hydrogen (secondary N) is 1. The molecule has 0 aromatic carbocycles. The van der Waals surface area contributed by atoms with E-state index in [2.05, 4.69) is 31.2 Å². The summed E-state index contributed by atoms with van der Waals surface area (Å²) >= 11 is 0. The van der Waals surface area contributed by atoms with Crippen molar-refractivity contribution < 1.29 is 8.42 Å². The van der Waals surface area contributed by atoms with E-state index >= 15 is 0 Å². The second kappa shape index (κ2) is 6.52. The molecule has 0 aliphatic heterocycles. The van der Waals surface area contributed by atoms with Gasteiger partial charge in [-0.05, 0) is 26.8 Å². The average molecular weight is 287 g/mol. The minimum atomic E-state index is -2.96. The number of aromatic nitrogens is 2. The van der Waals surface area contributed by atoms with Gasteiger partial charge in [0, 0.05) is 23.6 Å². The van der Waals surface area contributed by atoms with E-state index in [1.807, 2.05) is 11.7 Å². The predicted octanol–water partition coefficient (Wildman–Crippen LogP) is 1.33. The summed E-state index contributed by atoms with van der Waals surface area (Å²) in [7, 11) is -1.03. The molecule has 0 saturated heterocycles. The Morgan fingerprint density at radius 1 is 1.32 bits per heavy atom. The van der Waals surface area contributed by atoms with Gasteiger partial charge in [-0.25, -0.2) is 8.42 Å². The van der Waals surface area contributed by atoms with Crippen molar-refractivity contribution in [1.29, 1.82) is 0 Å². The first-order valence-corrected chi connectivity index (χ1v) is 8.83. The van der Waals surface area contributed by atoms with Gasteiger partial charge in [-0.1, -0.05) is 13.8 Å². The lowest BCUT2D eigenvalue weighted by molar-refractivity contribution is 0.574. The van der Waals surface area contributed by atoms with E-state index in [-0.39, 0.29) is 11.8 Å². The van der Waals surface area contributed by atoms with Crippen LogP contribution in [0.25, 0.3) is 0 Å². The highest BCUT2D eigenvalue weighted by Crippen LogP contribution is 2.23. The van der Waals surface area contributed by atoms with Crippen molar-refractivity contribution in [2.24, 2.45) is 0 Å². The molecule has 1 unspecified atom stereocenters. The highest BCUT2D eigenvalue weighted by Gasteiger charge is 2.20. The van der Waals surface area contributed by atoms with Crippen LogP contribution in [0.5, 0.6) is 0 Å². The molecule has 0 aliphatic carbocycles. The minimum absolute atomic E-state index is 0.137. The summed E-state index contributed by atoms with van der Waals surface area (Å²) in [5.74, 6) is 0.137. The molecule has 1 aromatic heterocycles. The molecule has 110 valence electrons. The molecule has 0 radical (unpaired) electrons. The molecule has 1 rings (SSSR count). The van der Waals surface area contributed by atoms with Gasteiger partial charge in [0.25, 0.3) is 0 Å². The molecule has 1 heterocycles. The third kappa shape index (κ3) is 4.04. The number of aryl methyl sites for hydroxylation is 2. The van der Waals surface area contributed by atoms with Crippen LogP contribution in [-0.2, 0) is 29.2 Å². The molecule has 1 aromatic rings. The molecule has 0 fully saturated rings. The lowest BCUT2D eigenvalue weighted by atomic mass is 10.0. The van der Waals surface area contributed by atoms with Gasteiger partial charge in [0.2, 0.25) is 0 Å². The maximum Gasteiger partial charge on any atom is 0.149 e. The maximum atomic E-state index is 11.3. The molecule has 0 amide bonds. The number of nitrogens with zero attached hydrogens (tertiary/aromatic N) is 2. The Hall–Kier alpha value is -0.880. The summed E-state index contributed by atoms with van der Waals surface area (Å²) in [6.07, 6.45) is 2.98. The Balaban J connectivity index is 3.15. The van der Waals surface area contributed by atoms with Crippen LogP contribution in [0.1, 0.15) is 43.8 Å². The fourth-order valence-electron chi connectivity index (χ4n) is 2.28. The zero-order chi connectivity index (χ0) is 14.6. The lowest BCUT2D eigenvalue weighted by Crippen LogP contribution is -2.17. The quantitative estimate of drug-likeness (QED) is 0.822.